The lowest BCUT2D eigenvalue weighted by Crippen LogP contribution is -2.52. The van der Waals surface area contributed by atoms with Crippen molar-refractivity contribution in [2.45, 2.75) is 6.54 Å². The highest BCUT2D eigenvalue weighted by Gasteiger charge is 2.23. The fraction of sp³-hybridized carbons (Fsp3) is 0.217. The summed E-state index contributed by atoms with van der Waals surface area (Å²) >= 11 is 12.7. The smallest absolute Gasteiger partial charge is 0.292 e. The molecule has 3 aromatic rings. The zero-order valence-electron chi connectivity index (χ0n) is 18.1. The molecular weight excluding hydrogens is 494 g/mol. The lowest BCUT2D eigenvalue weighted by atomic mass is 10.2. The lowest BCUT2D eigenvalue weighted by Gasteiger charge is -2.37. The Kier molecular flexibility index (Phi) is 7.61. The maximum Gasteiger partial charge on any atom is 0.292 e. The van der Waals surface area contributed by atoms with E-state index in [9.17, 15) is 14.9 Å². The van der Waals surface area contributed by atoms with Crippen molar-refractivity contribution in [2.75, 3.05) is 36.4 Å². The normalized spacial score (nSPS) is 13.4. The molecule has 1 aliphatic heterocycles. The second-order valence-electron chi connectivity index (χ2n) is 7.65. The van der Waals surface area contributed by atoms with Crippen LogP contribution in [0.4, 0.5) is 17.1 Å². The van der Waals surface area contributed by atoms with Gasteiger partial charge in [0.2, 0.25) is 0 Å². The number of hydrogen-bond acceptors (Lipinski definition) is 7. The van der Waals surface area contributed by atoms with Gasteiger partial charge in [-0.05, 0) is 53.5 Å². The van der Waals surface area contributed by atoms with Crippen LogP contribution in [0.1, 0.15) is 15.2 Å². The number of hydrogen-bond donors (Lipinski definition) is 2. The van der Waals surface area contributed by atoms with Gasteiger partial charge in [0.1, 0.15) is 5.69 Å². The van der Waals surface area contributed by atoms with Crippen LogP contribution in [-0.4, -0.2) is 47.0 Å². The summed E-state index contributed by atoms with van der Waals surface area (Å²) in [7, 11) is 0. The van der Waals surface area contributed by atoms with Gasteiger partial charge in [-0.15, -0.1) is 11.3 Å². The minimum atomic E-state index is -0.388. The van der Waals surface area contributed by atoms with Gasteiger partial charge >= 0.3 is 0 Å². The van der Waals surface area contributed by atoms with Gasteiger partial charge in [-0.1, -0.05) is 29.8 Å². The van der Waals surface area contributed by atoms with Gasteiger partial charge < -0.3 is 15.1 Å². The number of halogens is 1. The van der Waals surface area contributed by atoms with Gasteiger partial charge in [-0.2, -0.15) is 0 Å². The van der Waals surface area contributed by atoms with E-state index in [1.165, 1.54) is 17.4 Å². The van der Waals surface area contributed by atoms with Crippen molar-refractivity contribution in [3.05, 3.63) is 85.6 Å². The van der Waals surface area contributed by atoms with E-state index in [1.54, 1.807) is 30.3 Å². The number of carbonyl (C=O) groups is 1. The predicted molar refractivity (Wildman–Crippen MR) is 140 cm³/mol. The molecule has 0 atom stereocenters. The molecule has 1 aromatic heterocycles. The molecule has 1 saturated heterocycles. The molecule has 0 saturated carbocycles. The molecule has 0 spiro atoms. The van der Waals surface area contributed by atoms with E-state index in [1.807, 2.05) is 28.5 Å². The van der Waals surface area contributed by atoms with E-state index < -0.39 is 0 Å². The number of rotatable bonds is 6. The monoisotopic (exact) mass is 515 g/mol. The van der Waals surface area contributed by atoms with E-state index in [0.29, 0.717) is 53.4 Å². The Morgan fingerprint density at radius 1 is 1.12 bits per heavy atom. The summed E-state index contributed by atoms with van der Waals surface area (Å²) in [6, 6.07) is 16.0. The third kappa shape index (κ3) is 5.82. The largest absolute Gasteiger partial charge is 0.375 e. The summed E-state index contributed by atoms with van der Waals surface area (Å²) in [5.41, 5.74) is 2.33. The molecule has 1 aliphatic rings. The van der Waals surface area contributed by atoms with Gasteiger partial charge in [-0.3, -0.25) is 20.2 Å². The predicted octanol–water partition coefficient (Wildman–Crippen LogP) is 4.76. The van der Waals surface area contributed by atoms with Crippen LogP contribution in [-0.2, 0) is 6.54 Å². The first kappa shape index (κ1) is 23.9. The van der Waals surface area contributed by atoms with E-state index in [4.69, 9.17) is 23.8 Å². The summed E-state index contributed by atoms with van der Waals surface area (Å²) in [4.78, 5) is 28.1. The average Bonchev–Trinajstić information content (AvgIpc) is 3.39. The number of nitro benzene ring substituents is 1. The Balaban J connectivity index is 1.38. The van der Waals surface area contributed by atoms with Crippen molar-refractivity contribution in [2.24, 2.45) is 0 Å². The summed E-state index contributed by atoms with van der Waals surface area (Å²) in [6.07, 6.45) is 0. The molecule has 1 fully saturated rings. The number of benzene rings is 2. The standard InChI is InChI=1S/C23H22ClN5O3S2/c24-17-5-3-16(4-6-17)15-25-19-14-18(7-8-20(19)29(31)32)27-9-11-28(12-10-27)23(33)26-22(30)21-2-1-13-34-21/h1-8,13-14,25H,9-12,15H2,(H,26,30,33). The molecule has 0 bridgehead atoms. The number of carbonyl (C=O) groups excluding carboxylic acids is 1. The number of nitrogens with one attached hydrogen (secondary N) is 2. The Labute approximate surface area is 211 Å². The molecule has 0 aliphatic carbocycles. The fourth-order valence-corrected chi connectivity index (χ4v) is 4.65. The highest BCUT2D eigenvalue weighted by molar-refractivity contribution is 7.80. The first-order valence-corrected chi connectivity index (χ1v) is 12.2. The molecule has 2 heterocycles. The van der Waals surface area contributed by atoms with Crippen molar-refractivity contribution in [1.29, 1.82) is 0 Å². The molecule has 176 valence electrons. The summed E-state index contributed by atoms with van der Waals surface area (Å²) in [6.45, 7) is 3.04. The van der Waals surface area contributed by atoms with Gasteiger partial charge in [0, 0.05) is 49.5 Å². The van der Waals surface area contributed by atoms with E-state index in [2.05, 4.69) is 15.5 Å². The van der Waals surface area contributed by atoms with Gasteiger partial charge in [0.15, 0.2) is 5.11 Å². The Bertz CT molecular complexity index is 1180. The third-order valence-electron chi connectivity index (χ3n) is 5.47. The SMILES string of the molecule is O=C(NC(=S)N1CCN(c2ccc([N+](=O)[O-])c(NCc3ccc(Cl)cc3)c2)CC1)c1cccs1. The Morgan fingerprint density at radius 2 is 1.85 bits per heavy atom. The quantitative estimate of drug-likeness (QED) is 0.278. The molecular formula is C23H22ClN5O3S2. The molecule has 0 radical (unpaired) electrons. The van der Waals surface area contributed by atoms with Crippen LogP contribution in [0.3, 0.4) is 0 Å². The zero-order valence-corrected chi connectivity index (χ0v) is 20.5. The minimum Gasteiger partial charge on any atom is -0.375 e. The number of thiocarbonyl (C=S) groups is 1. The topological polar surface area (TPSA) is 90.8 Å². The molecule has 34 heavy (non-hydrogen) atoms. The average molecular weight is 516 g/mol. The summed E-state index contributed by atoms with van der Waals surface area (Å²) in [5, 5.41) is 20.4. The molecule has 11 heteroatoms. The second-order valence-corrected chi connectivity index (χ2v) is 9.42. The van der Waals surface area contributed by atoms with Crippen LogP contribution in [0.15, 0.2) is 60.0 Å². The van der Waals surface area contributed by atoms with Crippen molar-refractivity contribution in [3.63, 3.8) is 0 Å². The number of piperazine rings is 1. The number of thiophene rings is 1. The van der Waals surface area contributed by atoms with Crippen LogP contribution in [0.2, 0.25) is 5.02 Å². The van der Waals surface area contributed by atoms with Gasteiger partial charge in [0.05, 0.1) is 9.80 Å². The maximum atomic E-state index is 12.3. The van der Waals surface area contributed by atoms with Crippen LogP contribution in [0.5, 0.6) is 0 Å². The highest BCUT2D eigenvalue weighted by atomic mass is 35.5. The lowest BCUT2D eigenvalue weighted by molar-refractivity contribution is -0.384. The first-order valence-electron chi connectivity index (χ1n) is 10.6. The summed E-state index contributed by atoms with van der Waals surface area (Å²) in [5.74, 6) is -0.200. The first-order chi connectivity index (χ1) is 16.4. The maximum absolute atomic E-state index is 12.3. The zero-order chi connectivity index (χ0) is 24.1. The van der Waals surface area contributed by atoms with Crippen molar-refractivity contribution in [1.82, 2.24) is 10.2 Å². The Hall–Kier alpha value is -3.21. The number of nitro groups is 1. The fourth-order valence-electron chi connectivity index (χ4n) is 3.63. The summed E-state index contributed by atoms with van der Waals surface area (Å²) < 4.78 is 0. The Morgan fingerprint density at radius 3 is 2.50 bits per heavy atom. The number of amides is 1. The van der Waals surface area contributed by atoms with E-state index >= 15 is 0 Å². The second kappa shape index (κ2) is 10.8. The van der Waals surface area contributed by atoms with E-state index in [0.717, 1.165) is 11.3 Å². The van der Waals surface area contributed by atoms with Crippen LogP contribution < -0.4 is 15.5 Å². The number of anilines is 2. The van der Waals surface area contributed by atoms with Gasteiger partial charge in [0.25, 0.3) is 11.6 Å². The highest BCUT2D eigenvalue weighted by Crippen LogP contribution is 2.30. The molecule has 1 amide bonds. The van der Waals surface area contributed by atoms with Crippen molar-refractivity contribution in [3.8, 4) is 0 Å². The molecule has 0 unspecified atom stereocenters. The molecule has 2 aromatic carbocycles. The van der Waals surface area contributed by atoms with Crippen LogP contribution >= 0.6 is 35.2 Å². The molecule has 4 rings (SSSR count). The minimum absolute atomic E-state index is 0.0221. The molecule has 8 nitrogen and oxygen atoms in total. The molecule has 2 N–H and O–H groups in total. The number of nitrogens with zero attached hydrogens (tertiary/aromatic N) is 3. The third-order valence-corrected chi connectivity index (χ3v) is 6.95. The van der Waals surface area contributed by atoms with Crippen LogP contribution in [0, 0.1) is 10.1 Å². The van der Waals surface area contributed by atoms with Gasteiger partial charge in [-0.25, -0.2) is 0 Å². The van der Waals surface area contributed by atoms with E-state index in [-0.39, 0.29) is 16.5 Å². The van der Waals surface area contributed by atoms with Crippen molar-refractivity contribution >= 4 is 63.2 Å². The van der Waals surface area contributed by atoms with Crippen molar-refractivity contribution < 1.29 is 9.72 Å². The van der Waals surface area contributed by atoms with Crippen LogP contribution in [0.25, 0.3) is 0 Å².